The third-order valence-corrected chi connectivity index (χ3v) is 3.62. The fourth-order valence-electron chi connectivity index (χ4n) is 2.10. The van der Waals surface area contributed by atoms with Crippen LogP contribution in [0.2, 0.25) is 5.02 Å². The van der Waals surface area contributed by atoms with E-state index in [1.165, 1.54) is 20.3 Å². The SMILES string of the molecule is COC(=O)c1ccc(C=Nc2ccc(Cl)cc2C)c(C(=O)OC)c1. The van der Waals surface area contributed by atoms with Gasteiger partial charge in [0.05, 0.1) is 31.0 Å². The molecule has 2 aromatic carbocycles. The molecule has 0 amide bonds. The van der Waals surface area contributed by atoms with Crippen molar-refractivity contribution in [1.82, 2.24) is 0 Å². The molecule has 124 valence electrons. The molecule has 0 bridgehead atoms. The normalized spacial score (nSPS) is 10.7. The number of aliphatic imine (C=N–C) groups is 1. The highest BCUT2D eigenvalue weighted by Gasteiger charge is 2.15. The van der Waals surface area contributed by atoms with Crippen LogP contribution in [0.1, 0.15) is 31.8 Å². The second-order valence-corrected chi connectivity index (χ2v) is 5.41. The molecule has 0 aromatic heterocycles. The van der Waals surface area contributed by atoms with Gasteiger partial charge in [0.15, 0.2) is 0 Å². The van der Waals surface area contributed by atoms with Crippen LogP contribution in [0.5, 0.6) is 0 Å². The van der Waals surface area contributed by atoms with Gasteiger partial charge in [0, 0.05) is 16.8 Å². The number of carbonyl (C=O) groups excluding carboxylic acids is 2. The first-order chi connectivity index (χ1) is 11.5. The minimum atomic E-state index is -0.560. The van der Waals surface area contributed by atoms with Gasteiger partial charge < -0.3 is 9.47 Å². The van der Waals surface area contributed by atoms with Crippen molar-refractivity contribution in [3.05, 3.63) is 63.7 Å². The van der Waals surface area contributed by atoms with Crippen LogP contribution in [0.3, 0.4) is 0 Å². The molecule has 6 heteroatoms. The van der Waals surface area contributed by atoms with Crippen LogP contribution in [0, 0.1) is 6.92 Å². The Morgan fingerprint density at radius 2 is 1.75 bits per heavy atom. The predicted molar refractivity (Wildman–Crippen MR) is 92.6 cm³/mol. The Balaban J connectivity index is 2.43. The molecule has 0 radical (unpaired) electrons. The van der Waals surface area contributed by atoms with Crippen LogP contribution in [-0.4, -0.2) is 32.4 Å². The van der Waals surface area contributed by atoms with Crippen LogP contribution < -0.4 is 0 Å². The number of aryl methyl sites for hydroxylation is 1. The number of methoxy groups -OCH3 is 2. The van der Waals surface area contributed by atoms with E-state index < -0.39 is 11.9 Å². The molecule has 0 N–H and O–H groups in total. The van der Waals surface area contributed by atoms with Gasteiger partial charge in [0.2, 0.25) is 0 Å². The molecule has 2 aromatic rings. The van der Waals surface area contributed by atoms with Crippen molar-refractivity contribution >= 4 is 35.4 Å². The highest BCUT2D eigenvalue weighted by Crippen LogP contribution is 2.22. The molecule has 24 heavy (non-hydrogen) atoms. The Bertz CT molecular complexity index is 815. The number of benzene rings is 2. The van der Waals surface area contributed by atoms with E-state index >= 15 is 0 Å². The van der Waals surface area contributed by atoms with Crippen LogP contribution in [0.15, 0.2) is 41.4 Å². The van der Waals surface area contributed by atoms with Crippen molar-refractivity contribution in [3.8, 4) is 0 Å². The van der Waals surface area contributed by atoms with Crippen molar-refractivity contribution < 1.29 is 19.1 Å². The van der Waals surface area contributed by atoms with Gasteiger partial charge in [-0.05, 0) is 42.8 Å². The third kappa shape index (κ3) is 4.00. The van der Waals surface area contributed by atoms with Gasteiger partial charge in [-0.2, -0.15) is 0 Å². The smallest absolute Gasteiger partial charge is 0.338 e. The molecule has 5 nitrogen and oxygen atoms in total. The van der Waals surface area contributed by atoms with Gasteiger partial charge in [-0.15, -0.1) is 0 Å². The molecule has 0 aliphatic heterocycles. The molecule has 0 unspecified atom stereocenters. The fourth-order valence-corrected chi connectivity index (χ4v) is 2.33. The Morgan fingerprint density at radius 1 is 1.04 bits per heavy atom. The summed E-state index contributed by atoms with van der Waals surface area (Å²) in [5.41, 5.74) is 2.66. The average Bonchev–Trinajstić information content (AvgIpc) is 2.59. The van der Waals surface area contributed by atoms with E-state index in [2.05, 4.69) is 9.73 Å². The zero-order valence-corrected chi connectivity index (χ0v) is 14.3. The quantitative estimate of drug-likeness (QED) is 0.621. The fraction of sp³-hybridized carbons (Fsp3) is 0.167. The van der Waals surface area contributed by atoms with Crippen LogP contribution in [-0.2, 0) is 9.47 Å². The lowest BCUT2D eigenvalue weighted by Gasteiger charge is -2.07. The zero-order chi connectivity index (χ0) is 17.7. The van der Waals surface area contributed by atoms with E-state index in [1.54, 1.807) is 36.5 Å². The molecule has 0 heterocycles. The number of rotatable bonds is 4. The maximum atomic E-state index is 12.0. The molecular weight excluding hydrogens is 330 g/mol. The van der Waals surface area contributed by atoms with Crippen molar-refractivity contribution in [1.29, 1.82) is 0 Å². The van der Waals surface area contributed by atoms with Crippen LogP contribution in [0.25, 0.3) is 0 Å². The standard InChI is InChI=1S/C18H16ClNO4/c1-11-8-14(19)6-7-16(11)20-10-13-5-4-12(17(21)23-2)9-15(13)18(22)24-3/h4-10H,1-3H3. The number of ether oxygens (including phenoxy) is 2. The highest BCUT2D eigenvalue weighted by molar-refractivity contribution is 6.30. The lowest BCUT2D eigenvalue weighted by Crippen LogP contribution is -2.09. The summed E-state index contributed by atoms with van der Waals surface area (Å²) in [5.74, 6) is -1.09. The molecule has 0 aliphatic carbocycles. The molecule has 0 fully saturated rings. The molecule has 0 saturated carbocycles. The van der Waals surface area contributed by atoms with Gasteiger partial charge in [-0.1, -0.05) is 17.7 Å². The highest BCUT2D eigenvalue weighted by atomic mass is 35.5. The number of esters is 2. The monoisotopic (exact) mass is 345 g/mol. The van der Waals surface area contributed by atoms with Crippen molar-refractivity contribution in [2.45, 2.75) is 6.92 Å². The average molecular weight is 346 g/mol. The topological polar surface area (TPSA) is 65.0 Å². The lowest BCUT2D eigenvalue weighted by molar-refractivity contribution is 0.0599. The Labute approximate surface area is 144 Å². The van der Waals surface area contributed by atoms with Gasteiger partial charge in [0.1, 0.15) is 0 Å². The summed E-state index contributed by atoms with van der Waals surface area (Å²) in [4.78, 5) is 28.0. The number of halogens is 1. The third-order valence-electron chi connectivity index (χ3n) is 3.38. The first-order valence-corrected chi connectivity index (χ1v) is 7.45. The zero-order valence-electron chi connectivity index (χ0n) is 13.5. The maximum absolute atomic E-state index is 12.0. The van der Waals surface area contributed by atoms with Gasteiger partial charge in [-0.3, -0.25) is 4.99 Å². The Kier molecular flexibility index (Phi) is 5.71. The number of hydrogen-bond donors (Lipinski definition) is 0. The molecule has 0 aliphatic rings. The van der Waals surface area contributed by atoms with Gasteiger partial charge in [0.25, 0.3) is 0 Å². The summed E-state index contributed by atoms with van der Waals surface area (Å²) in [6, 6.07) is 9.93. The summed E-state index contributed by atoms with van der Waals surface area (Å²) < 4.78 is 9.43. The van der Waals surface area contributed by atoms with E-state index in [4.69, 9.17) is 16.3 Å². The number of hydrogen-bond acceptors (Lipinski definition) is 5. The van der Waals surface area contributed by atoms with Crippen LogP contribution in [0.4, 0.5) is 5.69 Å². The minimum absolute atomic E-state index is 0.232. The van der Waals surface area contributed by atoms with E-state index in [9.17, 15) is 9.59 Å². The first-order valence-electron chi connectivity index (χ1n) is 7.07. The van der Waals surface area contributed by atoms with Gasteiger partial charge >= 0.3 is 11.9 Å². The maximum Gasteiger partial charge on any atom is 0.338 e. The van der Waals surface area contributed by atoms with E-state index in [0.717, 1.165) is 11.3 Å². The van der Waals surface area contributed by atoms with Crippen molar-refractivity contribution in [3.63, 3.8) is 0 Å². The minimum Gasteiger partial charge on any atom is -0.465 e. The van der Waals surface area contributed by atoms with Gasteiger partial charge in [-0.25, -0.2) is 9.59 Å². The van der Waals surface area contributed by atoms with Crippen molar-refractivity contribution in [2.24, 2.45) is 4.99 Å². The summed E-state index contributed by atoms with van der Waals surface area (Å²) in [5, 5.41) is 0.629. The van der Waals surface area contributed by atoms with E-state index in [1.807, 2.05) is 6.92 Å². The second kappa shape index (κ2) is 7.75. The summed E-state index contributed by atoms with van der Waals surface area (Å²) in [6.07, 6.45) is 1.55. The second-order valence-electron chi connectivity index (χ2n) is 4.97. The molecule has 0 atom stereocenters. The Morgan fingerprint density at radius 3 is 2.38 bits per heavy atom. The molecule has 0 spiro atoms. The van der Waals surface area contributed by atoms with E-state index in [-0.39, 0.29) is 11.1 Å². The Hall–Kier alpha value is -2.66. The lowest BCUT2D eigenvalue weighted by atomic mass is 10.0. The van der Waals surface area contributed by atoms with E-state index in [0.29, 0.717) is 10.6 Å². The molecule has 2 rings (SSSR count). The van der Waals surface area contributed by atoms with Crippen LogP contribution >= 0.6 is 11.6 Å². The predicted octanol–water partition coefficient (Wildman–Crippen LogP) is 3.97. The first kappa shape index (κ1) is 17.7. The summed E-state index contributed by atoms with van der Waals surface area (Å²) in [6.45, 7) is 1.89. The number of nitrogens with zero attached hydrogens (tertiary/aromatic N) is 1. The molecular formula is C18H16ClNO4. The summed E-state index contributed by atoms with van der Waals surface area (Å²) in [7, 11) is 2.55. The largest absolute Gasteiger partial charge is 0.465 e. The molecule has 0 saturated heterocycles. The number of carbonyl (C=O) groups is 2. The summed E-state index contributed by atoms with van der Waals surface area (Å²) >= 11 is 5.92. The van der Waals surface area contributed by atoms with Crippen molar-refractivity contribution in [2.75, 3.05) is 14.2 Å².